The Hall–Kier alpha value is -1.03. The Morgan fingerprint density at radius 3 is 2.87 bits per heavy atom. The van der Waals surface area contributed by atoms with Crippen LogP contribution in [0.3, 0.4) is 0 Å². The maximum atomic E-state index is 5.81. The Kier molecular flexibility index (Phi) is 2.95. The van der Waals surface area contributed by atoms with E-state index in [2.05, 4.69) is 14.9 Å². The number of halogens is 1. The Balaban J connectivity index is 1.99. The van der Waals surface area contributed by atoms with E-state index in [1.807, 2.05) is 7.05 Å². The molecule has 0 saturated heterocycles. The third-order valence-electron chi connectivity index (χ3n) is 2.66. The number of nitrogens with two attached hydrogens (primary N) is 1. The average Bonchev–Trinajstić information content (AvgIpc) is 2.96. The van der Waals surface area contributed by atoms with Gasteiger partial charge in [0.25, 0.3) is 0 Å². The highest BCUT2D eigenvalue weighted by Gasteiger charge is 2.21. The molecule has 2 N–H and O–H groups in total. The van der Waals surface area contributed by atoms with Gasteiger partial charge in [0, 0.05) is 19.7 Å². The summed E-state index contributed by atoms with van der Waals surface area (Å²) in [6.45, 7) is 0.997. The van der Waals surface area contributed by atoms with Gasteiger partial charge in [0.05, 0.1) is 0 Å². The first-order valence-corrected chi connectivity index (χ1v) is 5.54. The molecule has 0 aliphatic heterocycles. The van der Waals surface area contributed by atoms with E-state index in [4.69, 9.17) is 17.3 Å². The van der Waals surface area contributed by atoms with Crippen molar-refractivity contribution < 1.29 is 0 Å². The van der Waals surface area contributed by atoms with Gasteiger partial charge in [0.15, 0.2) is 0 Å². The lowest BCUT2D eigenvalue weighted by Crippen LogP contribution is -2.20. The van der Waals surface area contributed by atoms with Gasteiger partial charge in [-0.2, -0.15) is 4.98 Å². The van der Waals surface area contributed by atoms with E-state index in [0.29, 0.717) is 5.15 Å². The quantitative estimate of drug-likeness (QED) is 0.798. The van der Waals surface area contributed by atoms with Crippen molar-refractivity contribution in [2.24, 2.45) is 5.92 Å². The van der Waals surface area contributed by atoms with Crippen LogP contribution in [-0.2, 0) is 0 Å². The predicted molar refractivity (Wildman–Crippen MR) is 62.1 cm³/mol. The Labute approximate surface area is 94.5 Å². The topological polar surface area (TPSA) is 55.0 Å². The van der Waals surface area contributed by atoms with Crippen LogP contribution < -0.4 is 10.6 Å². The maximum absolute atomic E-state index is 5.81. The molecule has 0 bridgehead atoms. The van der Waals surface area contributed by atoms with Crippen molar-refractivity contribution in [2.75, 3.05) is 24.2 Å². The maximum Gasteiger partial charge on any atom is 0.223 e. The normalized spacial score (nSPS) is 15.3. The zero-order valence-electron chi connectivity index (χ0n) is 8.78. The summed E-state index contributed by atoms with van der Waals surface area (Å²) in [5, 5.41) is 0.399. The van der Waals surface area contributed by atoms with Crippen LogP contribution in [0.25, 0.3) is 0 Å². The largest absolute Gasteiger partial charge is 0.368 e. The number of nitrogen functional groups attached to an aromatic ring is 1. The fourth-order valence-corrected chi connectivity index (χ4v) is 1.70. The standard InChI is InChI=1S/C10H15ClN4/c1-15(5-4-7-2-3-7)9-6-8(11)13-10(12)14-9/h6-7H,2-5H2,1H3,(H2,12,13,14). The molecular weight excluding hydrogens is 212 g/mol. The average molecular weight is 227 g/mol. The Bertz CT molecular complexity index is 331. The highest BCUT2D eigenvalue weighted by molar-refractivity contribution is 6.29. The van der Waals surface area contributed by atoms with Gasteiger partial charge in [0.2, 0.25) is 5.95 Å². The van der Waals surface area contributed by atoms with Gasteiger partial charge in [-0.1, -0.05) is 24.4 Å². The lowest BCUT2D eigenvalue weighted by molar-refractivity contribution is 0.706. The first-order valence-electron chi connectivity index (χ1n) is 5.16. The Morgan fingerprint density at radius 1 is 1.53 bits per heavy atom. The Morgan fingerprint density at radius 2 is 2.27 bits per heavy atom. The monoisotopic (exact) mass is 226 g/mol. The van der Waals surface area contributed by atoms with Crippen molar-refractivity contribution in [2.45, 2.75) is 19.3 Å². The van der Waals surface area contributed by atoms with Gasteiger partial charge >= 0.3 is 0 Å². The highest BCUT2D eigenvalue weighted by atomic mass is 35.5. The summed E-state index contributed by atoms with van der Waals surface area (Å²) >= 11 is 5.81. The van der Waals surface area contributed by atoms with Gasteiger partial charge in [0.1, 0.15) is 11.0 Å². The van der Waals surface area contributed by atoms with Crippen molar-refractivity contribution in [3.05, 3.63) is 11.2 Å². The first kappa shape index (κ1) is 10.5. The molecule has 0 spiro atoms. The summed E-state index contributed by atoms with van der Waals surface area (Å²) in [7, 11) is 2.00. The van der Waals surface area contributed by atoms with Gasteiger partial charge in [-0.15, -0.1) is 0 Å². The number of nitrogens with zero attached hydrogens (tertiary/aromatic N) is 3. The van der Waals surface area contributed by atoms with Crippen molar-refractivity contribution >= 4 is 23.4 Å². The van der Waals surface area contributed by atoms with Crippen molar-refractivity contribution in [3.63, 3.8) is 0 Å². The molecule has 0 aromatic carbocycles. The molecule has 1 aliphatic rings. The van der Waals surface area contributed by atoms with Crippen molar-refractivity contribution in [1.29, 1.82) is 0 Å². The molecule has 1 fully saturated rings. The summed E-state index contributed by atoms with van der Waals surface area (Å²) in [5.74, 6) is 1.95. The zero-order chi connectivity index (χ0) is 10.8. The molecule has 2 rings (SSSR count). The molecule has 4 nitrogen and oxygen atoms in total. The number of anilines is 2. The molecule has 0 unspecified atom stereocenters. The summed E-state index contributed by atoms with van der Waals surface area (Å²) < 4.78 is 0. The number of rotatable bonds is 4. The van der Waals surface area contributed by atoms with E-state index >= 15 is 0 Å². The second-order valence-corrected chi connectivity index (χ2v) is 4.45. The van der Waals surface area contributed by atoms with Crippen LogP contribution in [0, 0.1) is 5.92 Å². The second-order valence-electron chi connectivity index (χ2n) is 4.06. The molecule has 82 valence electrons. The molecule has 5 heteroatoms. The van der Waals surface area contributed by atoms with E-state index in [1.54, 1.807) is 6.07 Å². The first-order chi connectivity index (χ1) is 7.15. The molecule has 1 aromatic rings. The number of hydrogen-bond acceptors (Lipinski definition) is 4. The van der Waals surface area contributed by atoms with Crippen LogP contribution in [0.1, 0.15) is 19.3 Å². The predicted octanol–water partition coefficient (Wildman–Crippen LogP) is 1.95. The van der Waals surface area contributed by atoms with E-state index in [0.717, 1.165) is 18.3 Å². The summed E-state index contributed by atoms with van der Waals surface area (Å²) in [6.07, 6.45) is 3.97. The van der Waals surface area contributed by atoms with Crippen LogP contribution in [0.5, 0.6) is 0 Å². The van der Waals surface area contributed by atoms with E-state index < -0.39 is 0 Å². The smallest absolute Gasteiger partial charge is 0.223 e. The zero-order valence-corrected chi connectivity index (χ0v) is 9.54. The molecule has 0 atom stereocenters. The third kappa shape index (κ3) is 2.96. The summed E-state index contributed by atoms with van der Waals surface area (Å²) in [4.78, 5) is 10.0. The van der Waals surface area contributed by atoms with E-state index in [-0.39, 0.29) is 5.95 Å². The summed E-state index contributed by atoms with van der Waals surface area (Å²) in [5.41, 5.74) is 5.53. The number of aromatic nitrogens is 2. The number of hydrogen-bond donors (Lipinski definition) is 1. The fraction of sp³-hybridized carbons (Fsp3) is 0.600. The van der Waals surface area contributed by atoms with E-state index in [9.17, 15) is 0 Å². The van der Waals surface area contributed by atoms with Gasteiger partial charge in [-0.25, -0.2) is 4.98 Å². The lowest BCUT2D eigenvalue weighted by atomic mass is 10.3. The van der Waals surface area contributed by atoms with Gasteiger partial charge in [-0.05, 0) is 12.3 Å². The molecule has 0 amide bonds. The minimum Gasteiger partial charge on any atom is -0.368 e. The van der Waals surface area contributed by atoms with Crippen molar-refractivity contribution in [1.82, 2.24) is 9.97 Å². The molecule has 15 heavy (non-hydrogen) atoms. The third-order valence-corrected chi connectivity index (χ3v) is 2.85. The molecule has 1 aliphatic carbocycles. The molecule has 0 radical (unpaired) electrons. The molecule has 1 heterocycles. The van der Waals surface area contributed by atoms with Crippen LogP contribution in [0.15, 0.2) is 6.07 Å². The van der Waals surface area contributed by atoms with Crippen molar-refractivity contribution in [3.8, 4) is 0 Å². The van der Waals surface area contributed by atoms with E-state index in [1.165, 1.54) is 19.3 Å². The SMILES string of the molecule is CN(CCC1CC1)c1cc(Cl)nc(N)n1. The minimum atomic E-state index is 0.232. The lowest BCUT2D eigenvalue weighted by Gasteiger charge is -2.18. The van der Waals surface area contributed by atoms with Gasteiger partial charge < -0.3 is 10.6 Å². The fourth-order valence-electron chi connectivity index (χ4n) is 1.52. The molecule has 1 aromatic heterocycles. The highest BCUT2D eigenvalue weighted by Crippen LogP contribution is 2.32. The summed E-state index contributed by atoms with van der Waals surface area (Å²) in [6, 6.07) is 1.74. The molecule has 1 saturated carbocycles. The van der Waals surface area contributed by atoms with Gasteiger partial charge in [-0.3, -0.25) is 0 Å². The van der Waals surface area contributed by atoms with Crippen LogP contribution in [0.4, 0.5) is 11.8 Å². The van der Waals surface area contributed by atoms with Crippen LogP contribution in [-0.4, -0.2) is 23.6 Å². The molecular formula is C10H15ClN4. The second kappa shape index (κ2) is 4.23. The van der Waals surface area contributed by atoms with Crippen LogP contribution >= 0.6 is 11.6 Å². The van der Waals surface area contributed by atoms with Crippen LogP contribution in [0.2, 0.25) is 5.15 Å². The minimum absolute atomic E-state index is 0.232.